The van der Waals surface area contributed by atoms with Gasteiger partial charge in [0.05, 0.1) is 6.54 Å². The summed E-state index contributed by atoms with van der Waals surface area (Å²) < 4.78 is 5.90. The van der Waals surface area contributed by atoms with Crippen molar-refractivity contribution >= 4 is 23.2 Å². The molecule has 0 amide bonds. The molecule has 124 valence electrons. The first-order valence-corrected chi connectivity index (χ1v) is 8.91. The third-order valence-corrected chi connectivity index (χ3v) is 4.83. The second-order valence-corrected chi connectivity index (χ2v) is 6.85. The SMILES string of the molecule is CCN1CCC[C@H]1CNCc1ccc(-c2cc(Cl)cc(Cl)c2)o1. The molecule has 1 atom stereocenters. The van der Waals surface area contributed by atoms with Gasteiger partial charge in [0.25, 0.3) is 0 Å². The Kier molecular flexibility index (Phi) is 5.65. The highest BCUT2D eigenvalue weighted by Crippen LogP contribution is 2.28. The molecule has 1 saturated heterocycles. The molecule has 0 spiro atoms. The Bertz CT molecular complexity index is 636. The summed E-state index contributed by atoms with van der Waals surface area (Å²) >= 11 is 12.1. The van der Waals surface area contributed by atoms with Crippen molar-refractivity contribution in [2.75, 3.05) is 19.6 Å². The van der Waals surface area contributed by atoms with Gasteiger partial charge in [0.15, 0.2) is 0 Å². The predicted molar refractivity (Wildman–Crippen MR) is 96.1 cm³/mol. The maximum absolute atomic E-state index is 6.05. The Morgan fingerprint density at radius 1 is 1.22 bits per heavy atom. The average Bonchev–Trinajstić information content (AvgIpc) is 3.15. The quantitative estimate of drug-likeness (QED) is 0.807. The van der Waals surface area contributed by atoms with Gasteiger partial charge in [0.2, 0.25) is 0 Å². The van der Waals surface area contributed by atoms with Gasteiger partial charge in [-0.15, -0.1) is 0 Å². The van der Waals surface area contributed by atoms with Gasteiger partial charge in [-0.05, 0) is 56.3 Å². The molecular weight excluding hydrogens is 331 g/mol. The van der Waals surface area contributed by atoms with Crippen LogP contribution in [-0.2, 0) is 6.54 Å². The summed E-state index contributed by atoms with van der Waals surface area (Å²) in [6.45, 7) is 6.33. The van der Waals surface area contributed by atoms with Crippen molar-refractivity contribution in [1.29, 1.82) is 0 Å². The Labute approximate surface area is 147 Å². The summed E-state index contributed by atoms with van der Waals surface area (Å²) in [6, 6.07) is 10.1. The Hall–Kier alpha value is -1.00. The van der Waals surface area contributed by atoms with E-state index in [1.54, 1.807) is 6.07 Å². The minimum absolute atomic E-state index is 0.615. The first-order chi connectivity index (χ1) is 11.2. The monoisotopic (exact) mass is 352 g/mol. The van der Waals surface area contributed by atoms with Gasteiger partial charge >= 0.3 is 0 Å². The third-order valence-electron chi connectivity index (χ3n) is 4.39. The van der Waals surface area contributed by atoms with Crippen molar-refractivity contribution in [3.05, 3.63) is 46.1 Å². The lowest BCUT2D eigenvalue weighted by molar-refractivity contribution is 0.258. The molecule has 0 unspecified atom stereocenters. The van der Waals surface area contributed by atoms with Gasteiger partial charge in [-0.1, -0.05) is 30.1 Å². The number of likely N-dealkylation sites (tertiary alicyclic amines) is 1. The van der Waals surface area contributed by atoms with Crippen LogP contribution in [0.2, 0.25) is 10.0 Å². The summed E-state index contributed by atoms with van der Waals surface area (Å²) in [7, 11) is 0. The minimum atomic E-state index is 0.615. The number of furan rings is 1. The number of hydrogen-bond acceptors (Lipinski definition) is 3. The molecule has 1 aliphatic rings. The molecular formula is C18H22Cl2N2O. The smallest absolute Gasteiger partial charge is 0.134 e. The summed E-state index contributed by atoms with van der Waals surface area (Å²) in [5, 5.41) is 4.74. The molecule has 0 radical (unpaired) electrons. The lowest BCUT2D eigenvalue weighted by atomic mass is 10.2. The molecule has 0 saturated carbocycles. The molecule has 5 heteroatoms. The second-order valence-electron chi connectivity index (χ2n) is 5.98. The van der Waals surface area contributed by atoms with Crippen LogP contribution in [0.5, 0.6) is 0 Å². The van der Waals surface area contributed by atoms with Crippen LogP contribution >= 0.6 is 23.2 Å². The maximum Gasteiger partial charge on any atom is 0.134 e. The van der Waals surface area contributed by atoms with Crippen LogP contribution in [0, 0.1) is 0 Å². The zero-order valence-corrected chi connectivity index (χ0v) is 14.8. The average molecular weight is 353 g/mol. The van der Waals surface area contributed by atoms with Crippen LogP contribution in [0.4, 0.5) is 0 Å². The van der Waals surface area contributed by atoms with E-state index in [-0.39, 0.29) is 0 Å². The van der Waals surface area contributed by atoms with Crippen molar-refractivity contribution < 1.29 is 4.42 Å². The fourth-order valence-corrected chi connectivity index (χ4v) is 3.75. The van der Waals surface area contributed by atoms with E-state index in [9.17, 15) is 0 Å². The predicted octanol–water partition coefficient (Wildman–Crippen LogP) is 4.83. The van der Waals surface area contributed by atoms with E-state index < -0.39 is 0 Å². The number of nitrogens with zero attached hydrogens (tertiary/aromatic N) is 1. The van der Waals surface area contributed by atoms with Crippen LogP contribution in [-0.4, -0.2) is 30.6 Å². The summed E-state index contributed by atoms with van der Waals surface area (Å²) in [4.78, 5) is 2.54. The van der Waals surface area contributed by atoms with Crippen molar-refractivity contribution in [1.82, 2.24) is 10.2 Å². The molecule has 0 bridgehead atoms. The van der Waals surface area contributed by atoms with Crippen molar-refractivity contribution in [3.63, 3.8) is 0 Å². The molecule has 1 fully saturated rings. The van der Waals surface area contributed by atoms with Gasteiger partial charge in [-0.3, -0.25) is 4.90 Å². The fraction of sp³-hybridized carbons (Fsp3) is 0.444. The molecule has 1 aromatic carbocycles. The fourth-order valence-electron chi connectivity index (χ4n) is 3.23. The second kappa shape index (κ2) is 7.71. The number of rotatable bonds is 6. The normalized spacial score (nSPS) is 18.7. The molecule has 0 aliphatic carbocycles. The van der Waals surface area contributed by atoms with Crippen molar-refractivity contribution in [2.45, 2.75) is 32.4 Å². The number of nitrogens with one attached hydrogen (secondary N) is 1. The van der Waals surface area contributed by atoms with E-state index in [1.165, 1.54) is 19.4 Å². The van der Waals surface area contributed by atoms with Crippen molar-refractivity contribution in [3.8, 4) is 11.3 Å². The summed E-state index contributed by atoms with van der Waals surface area (Å²) in [5.74, 6) is 1.72. The van der Waals surface area contributed by atoms with Crippen LogP contribution in [0.25, 0.3) is 11.3 Å². The summed E-state index contributed by atoms with van der Waals surface area (Å²) in [6.07, 6.45) is 2.59. The third kappa shape index (κ3) is 4.30. The van der Waals surface area contributed by atoms with E-state index in [0.29, 0.717) is 16.1 Å². The van der Waals surface area contributed by atoms with Crippen molar-refractivity contribution in [2.24, 2.45) is 0 Å². The highest BCUT2D eigenvalue weighted by atomic mass is 35.5. The Morgan fingerprint density at radius 2 is 2.00 bits per heavy atom. The molecule has 2 aromatic rings. The zero-order chi connectivity index (χ0) is 16.2. The topological polar surface area (TPSA) is 28.4 Å². The number of likely N-dealkylation sites (N-methyl/N-ethyl adjacent to an activating group) is 1. The zero-order valence-electron chi connectivity index (χ0n) is 13.3. The van der Waals surface area contributed by atoms with Gasteiger partial charge in [-0.2, -0.15) is 0 Å². The molecule has 1 N–H and O–H groups in total. The standard InChI is InChI=1S/C18H22Cl2N2O/c1-2-22-7-3-4-16(22)11-21-12-17-5-6-18(23-17)13-8-14(19)10-15(20)9-13/h5-6,8-10,16,21H,2-4,7,11-12H2,1H3/t16-/m0/s1. The lowest BCUT2D eigenvalue weighted by Crippen LogP contribution is -2.37. The molecule has 1 aliphatic heterocycles. The van der Waals surface area contributed by atoms with Crippen LogP contribution in [0.15, 0.2) is 34.7 Å². The van der Waals surface area contributed by atoms with E-state index >= 15 is 0 Å². The first kappa shape index (κ1) is 16.8. The number of hydrogen-bond donors (Lipinski definition) is 1. The highest BCUT2D eigenvalue weighted by Gasteiger charge is 2.22. The van der Waals surface area contributed by atoms with Crippen LogP contribution in [0.3, 0.4) is 0 Å². The lowest BCUT2D eigenvalue weighted by Gasteiger charge is -2.22. The largest absolute Gasteiger partial charge is 0.460 e. The van der Waals surface area contributed by atoms with Gasteiger partial charge in [0.1, 0.15) is 11.5 Å². The van der Waals surface area contributed by atoms with E-state index in [1.807, 2.05) is 24.3 Å². The molecule has 2 heterocycles. The highest BCUT2D eigenvalue weighted by molar-refractivity contribution is 6.35. The minimum Gasteiger partial charge on any atom is -0.460 e. The molecule has 23 heavy (non-hydrogen) atoms. The van der Waals surface area contributed by atoms with Crippen LogP contribution in [0.1, 0.15) is 25.5 Å². The maximum atomic E-state index is 6.05. The summed E-state index contributed by atoms with van der Waals surface area (Å²) in [5.41, 5.74) is 0.904. The number of benzene rings is 1. The van der Waals surface area contributed by atoms with Gasteiger partial charge in [-0.25, -0.2) is 0 Å². The van der Waals surface area contributed by atoms with Crippen LogP contribution < -0.4 is 5.32 Å². The number of halogens is 2. The molecule has 3 rings (SSSR count). The molecule has 3 nitrogen and oxygen atoms in total. The van der Waals surface area contributed by atoms with E-state index in [2.05, 4.69) is 17.1 Å². The Morgan fingerprint density at radius 3 is 2.74 bits per heavy atom. The van der Waals surface area contributed by atoms with E-state index in [4.69, 9.17) is 27.6 Å². The van der Waals surface area contributed by atoms with Gasteiger partial charge in [0, 0.05) is 28.2 Å². The Balaban J connectivity index is 1.57. The first-order valence-electron chi connectivity index (χ1n) is 8.15. The molecule has 1 aromatic heterocycles. The van der Waals surface area contributed by atoms with Gasteiger partial charge < -0.3 is 9.73 Å². The van der Waals surface area contributed by atoms with E-state index in [0.717, 1.165) is 36.7 Å².